The van der Waals surface area contributed by atoms with E-state index in [-0.39, 0.29) is 23.2 Å². The fourth-order valence-corrected chi connectivity index (χ4v) is 4.30. The summed E-state index contributed by atoms with van der Waals surface area (Å²) in [5.41, 5.74) is 0.806. The standard InChI is InChI=1S/C20H27FN4O3S/c1-4-24(15-20(26)23-13-16-7-9-17(21)10-8-16)19-12-11-18(14-22-19)29(27,28)25(5-2)6-3/h7-12,14H,4-6,13,15H2,1-3H3,(H,23,26)/p+1. The van der Waals surface area contributed by atoms with Gasteiger partial charge in [0.25, 0.3) is 11.7 Å². The van der Waals surface area contributed by atoms with Crippen molar-refractivity contribution in [3.8, 4) is 0 Å². The number of sulfonamides is 1. The number of carbonyl (C=O) groups is 1. The molecule has 1 aromatic carbocycles. The Morgan fingerprint density at radius 2 is 1.69 bits per heavy atom. The van der Waals surface area contributed by atoms with Crippen molar-refractivity contribution < 1.29 is 22.6 Å². The van der Waals surface area contributed by atoms with E-state index in [2.05, 4.69) is 10.3 Å². The maximum absolute atomic E-state index is 12.9. The Labute approximate surface area is 171 Å². The summed E-state index contributed by atoms with van der Waals surface area (Å²) in [6.45, 7) is 7.26. The lowest BCUT2D eigenvalue weighted by atomic mass is 10.2. The molecule has 0 spiro atoms. The third-order valence-corrected chi connectivity index (χ3v) is 6.62. The van der Waals surface area contributed by atoms with E-state index in [0.717, 1.165) is 5.56 Å². The van der Waals surface area contributed by atoms with E-state index in [1.807, 2.05) is 6.92 Å². The normalized spacial score (nSPS) is 11.5. The Bertz CT molecular complexity index is 898. The molecule has 158 valence electrons. The molecule has 0 saturated heterocycles. The number of nitrogens with zero attached hydrogens (tertiary/aromatic N) is 2. The number of benzene rings is 1. The first-order valence-corrected chi connectivity index (χ1v) is 11.0. The number of anilines is 1. The molecule has 0 radical (unpaired) electrons. The number of likely N-dealkylation sites (N-methyl/N-ethyl adjacent to an activating group) is 1. The van der Waals surface area contributed by atoms with E-state index in [4.69, 9.17) is 0 Å². The summed E-state index contributed by atoms with van der Waals surface area (Å²) in [4.78, 5) is 17.2. The zero-order chi connectivity index (χ0) is 21.4. The van der Waals surface area contributed by atoms with Crippen LogP contribution in [0.15, 0.2) is 47.5 Å². The van der Waals surface area contributed by atoms with Gasteiger partial charge >= 0.3 is 0 Å². The van der Waals surface area contributed by atoms with E-state index in [1.54, 1.807) is 43.0 Å². The van der Waals surface area contributed by atoms with E-state index in [1.165, 1.54) is 22.6 Å². The van der Waals surface area contributed by atoms with Crippen molar-refractivity contribution in [1.82, 2.24) is 9.62 Å². The molecule has 0 aliphatic carbocycles. The minimum absolute atomic E-state index is 0.107. The number of nitrogens with one attached hydrogen (secondary N) is 2. The van der Waals surface area contributed by atoms with Crippen LogP contribution >= 0.6 is 0 Å². The second-order valence-corrected chi connectivity index (χ2v) is 8.35. The molecule has 1 aromatic heterocycles. The molecule has 1 amide bonds. The van der Waals surface area contributed by atoms with Crippen molar-refractivity contribution in [3.05, 3.63) is 54.0 Å². The number of aromatic amines is 1. The maximum Gasteiger partial charge on any atom is 0.274 e. The summed E-state index contributed by atoms with van der Waals surface area (Å²) in [5, 5.41) is 2.80. The molecule has 0 fully saturated rings. The van der Waals surface area contributed by atoms with Gasteiger partial charge in [-0.3, -0.25) is 9.69 Å². The maximum atomic E-state index is 12.9. The van der Waals surface area contributed by atoms with Gasteiger partial charge in [-0.15, -0.1) is 0 Å². The van der Waals surface area contributed by atoms with E-state index in [0.29, 0.717) is 32.0 Å². The predicted molar refractivity (Wildman–Crippen MR) is 109 cm³/mol. The smallest absolute Gasteiger partial charge is 0.274 e. The van der Waals surface area contributed by atoms with Gasteiger partial charge in [0.2, 0.25) is 10.0 Å². The fraction of sp³-hybridized carbons (Fsp3) is 0.400. The number of aromatic nitrogens is 1. The first-order chi connectivity index (χ1) is 13.8. The van der Waals surface area contributed by atoms with Crippen LogP contribution in [0.5, 0.6) is 0 Å². The highest BCUT2D eigenvalue weighted by Crippen LogP contribution is 2.15. The van der Waals surface area contributed by atoms with E-state index >= 15 is 0 Å². The molecule has 0 atom stereocenters. The van der Waals surface area contributed by atoms with Crippen molar-refractivity contribution in [2.45, 2.75) is 32.2 Å². The van der Waals surface area contributed by atoms with Gasteiger partial charge in [0, 0.05) is 25.7 Å². The lowest BCUT2D eigenvalue weighted by molar-refractivity contribution is -0.367. The van der Waals surface area contributed by atoms with E-state index in [9.17, 15) is 17.6 Å². The molecule has 0 aliphatic rings. The number of halogens is 1. The van der Waals surface area contributed by atoms with Crippen LogP contribution in [0, 0.1) is 5.82 Å². The average Bonchev–Trinajstić information content (AvgIpc) is 2.72. The van der Waals surface area contributed by atoms with Crippen molar-refractivity contribution >= 4 is 21.7 Å². The highest BCUT2D eigenvalue weighted by Gasteiger charge is 2.24. The Kier molecular flexibility index (Phi) is 8.10. The Balaban J connectivity index is 2.02. The number of pyridine rings is 1. The molecule has 1 heterocycles. The van der Waals surface area contributed by atoms with Crippen LogP contribution in [0.1, 0.15) is 26.3 Å². The van der Waals surface area contributed by atoms with Gasteiger partial charge in [0.1, 0.15) is 16.9 Å². The van der Waals surface area contributed by atoms with E-state index < -0.39 is 10.0 Å². The SMILES string of the molecule is CCN(CC(=O)NCc1ccc(F)cc1)c1ccc(S(=O)(=O)N(CC)CC)c[nH+]1. The van der Waals surface area contributed by atoms with Crippen molar-refractivity contribution in [3.63, 3.8) is 0 Å². The molecule has 0 aliphatic heterocycles. The van der Waals surface area contributed by atoms with Crippen molar-refractivity contribution in [1.29, 1.82) is 0 Å². The minimum atomic E-state index is -3.54. The molecule has 29 heavy (non-hydrogen) atoms. The molecule has 0 bridgehead atoms. The lowest BCUT2D eigenvalue weighted by Gasteiger charge is -2.18. The van der Waals surface area contributed by atoms with Gasteiger partial charge in [0.15, 0.2) is 6.54 Å². The topological polar surface area (TPSA) is 83.9 Å². The predicted octanol–water partition coefficient (Wildman–Crippen LogP) is 1.81. The highest BCUT2D eigenvalue weighted by molar-refractivity contribution is 7.89. The number of carbonyl (C=O) groups excluding carboxylic acids is 1. The molecule has 2 N–H and O–H groups in total. The van der Waals surface area contributed by atoms with Gasteiger partial charge in [-0.1, -0.05) is 26.0 Å². The van der Waals surface area contributed by atoms with Gasteiger partial charge in [-0.25, -0.2) is 17.8 Å². The molecule has 0 unspecified atom stereocenters. The van der Waals surface area contributed by atoms with Gasteiger partial charge < -0.3 is 5.32 Å². The monoisotopic (exact) mass is 423 g/mol. The fourth-order valence-electron chi connectivity index (χ4n) is 2.87. The Morgan fingerprint density at radius 3 is 2.21 bits per heavy atom. The van der Waals surface area contributed by atoms with Crippen LogP contribution in [-0.2, 0) is 21.4 Å². The third kappa shape index (κ3) is 5.98. The molecule has 9 heteroatoms. The van der Waals surface area contributed by atoms with Crippen LogP contribution in [0.4, 0.5) is 10.2 Å². The molecule has 2 aromatic rings. The van der Waals surface area contributed by atoms with Crippen LogP contribution in [0.3, 0.4) is 0 Å². The quantitative estimate of drug-likeness (QED) is 0.632. The van der Waals surface area contributed by atoms with Crippen LogP contribution in [0.2, 0.25) is 0 Å². The zero-order valence-electron chi connectivity index (χ0n) is 17.0. The van der Waals surface area contributed by atoms with Gasteiger partial charge in [-0.05, 0) is 30.7 Å². The number of H-pyrrole nitrogens is 1. The Hall–Kier alpha value is -2.52. The molecular weight excluding hydrogens is 395 g/mol. The van der Waals surface area contributed by atoms with Gasteiger partial charge in [-0.2, -0.15) is 4.31 Å². The molecule has 2 rings (SSSR count). The van der Waals surface area contributed by atoms with Gasteiger partial charge in [0.05, 0.1) is 6.54 Å². The highest BCUT2D eigenvalue weighted by atomic mass is 32.2. The average molecular weight is 424 g/mol. The van der Waals surface area contributed by atoms with Crippen LogP contribution in [-0.4, -0.2) is 44.8 Å². The lowest BCUT2D eigenvalue weighted by Crippen LogP contribution is -2.39. The molecular formula is C20H28FN4O3S+. The van der Waals surface area contributed by atoms with Crippen LogP contribution < -0.4 is 15.2 Å². The molecule has 0 saturated carbocycles. The van der Waals surface area contributed by atoms with Crippen molar-refractivity contribution in [2.75, 3.05) is 31.1 Å². The second-order valence-electron chi connectivity index (χ2n) is 6.42. The third-order valence-electron chi connectivity index (χ3n) is 4.57. The summed E-state index contributed by atoms with van der Waals surface area (Å²) < 4.78 is 39.5. The summed E-state index contributed by atoms with van der Waals surface area (Å²) in [7, 11) is -3.54. The second kappa shape index (κ2) is 10.3. The Morgan fingerprint density at radius 1 is 1.03 bits per heavy atom. The first kappa shape index (κ1) is 22.8. The largest absolute Gasteiger partial charge is 0.349 e. The summed E-state index contributed by atoms with van der Waals surface area (Å²) in [6.07, 6.45) is 1.45. The first-order valence-electron chi connectivity index (χ1n) is 9.59. The van der Waals surface area contributed by atoms with Crippen molar-refractivity contribution in [2.24, 2.45) is 0 Å². The summed E-state index contributed by atoms with van der Waals surface area (Å²) in [6, 6.07) is 9.14. The minimum Gasteiger partial charge on any atom is -0.349 e. The number of amides is 1. The number of rotatable bonds is 10. The molecule has 7 nitrogen and oxygen atoms in total. The number of hydrogen-bond donors (Lipinski definition) is 1. The zero-order valence-corrected chi connectivity index (χ0v) is 17.8. The number of hydrogen-bond acceptors (Lipinski definition) is 4. The summed E-state index contributed by atoms with van der Waals surface area (Å²) in [5.74, 6) is 0.131. The summed E-state index contributed by atoms with van der Waals surface area (Å²) >= 11 is 0. The van der Waals surface area contributed by atoms with Crippen LogP contribution in [0.25, 0.3) is 0 Å².